The second-order valence-corrected chi connectivity index (χ2v) is 7.20. The predicted octanol–water partition coefficient (Wildman–Crippen LogP) is 5.09. The highest BCUT2D eigenvalue weighted by atomic mass is 32.2. The van der Waals surface area contributed by atoms with E-state index in [0.29, 0.717) is 16.2 Å². The molecule has 0 aromatic heterocycles. The van der Waals surface area contributed by atoms with Crippen molar-refractivity contribution in [2.45, 2.75) is 0 Å². The maximum atomic E-state index is 13.0. The van der Waals surface area contributed by atoms with Crippen molar-refractivity contribution in [3.63, 3.8) is 0 Å². The Balaban J connectivity index is 1.43. The van der Waals surface area contributed by atoms with Crippen LogP contribution in [-0.4, -0.2) is 29.2 Å². The highest BCUT2D eigenvalue weighted by Crippen LogP contribution is 2.32. The highest BCUT2D eigenvalue weighted by Gasteiger charge is 2.34. The molecule has 0 radical (unpaired) electrons. The fourth-order valence-electron chi connectivity index (χ4n) is 2.97. The number of imide groups is 1. The van der Waals surface area contributed by atoms with E-state index in [9.17, 15) is 14.0 Å². The Kier molecular flexibility index (Phi) is 5.12. The van der Waals surface area contributed by atoms with Crippen molar-refractivity contribution in [1.82, 2.24) is 4.90 Å². The molecule has 28 heavy (non-hydrogen) atoms. The van der Waals surface area contributed by atoms with Gasteiger partial charge in [0, 0.05) is 5.39 Å². The average molecular weight is 393 g/mol. The van der Waals surface area contributed by atoms with Crippen LogP contribution >= 0.6 is 11.8 Å². The van der Waals surface area contributed by atoms with Crippen molar-refractivity contribution < 1.29 is 18.7 Å². The van der Waals surface area contributed by atoms with Crippen molar-refractivity contribution in [2.24, 2.45) is 0 Å². The number of hydrogen-bond donors (Lipinski definition) is 0. The minimum atomic E-state index is -0.360. The van der Waals surface area contributed by atoms with Crippen LogP contribution in [0.5, 0.6) is 5.75 Å². The van der Waals surface area contributed by atoms with E-state index in [4.69, 9.17) is 4.74 Å². The Morgan fingerprint density at radius 3 is 2.54 bits per heavy atom. The number of hydrogen-bond acceptors (Lipinski definition) is 4. The van der Waals surface area contributed by atoms with E-state index in [-0.39, 0.29) is 30.1 Å². The molecule has 0 saturated carbocycles. The first-order chi connectivity index (χ1) is 13.6. The number of thioether (sulfide) groups is 1. The minimum absolute atomic E-state index is 0.161. The van der Waals surface area contributed by atoms with Gasteiger partial charge in [0.25, 0.3) is 11.1 Å². The van der Waals surface area contributed by atoms with Crippen LogP contribution in [0, 0.1) is 5.82 Å². The molecule has 0 bridgehead atoms. The molecular formula is C22H16FNO3S. The Hall–Kier alpha value is -3.12. The third kappa shape index (κ3) is 3.77. The summed E-state index contributed by atoms with van der Waals surface area (Å²) in [6.07, 6.45) is 1.59. The van der Waals surface area contributed by atoms with Gasteiger partial charge in [0.15, 0.2) is 0 Å². The maximum Gasteiger partial charge on any atom is 0.293 e. The van der Waals surface area contributed by atoms with Crippen LogP contribution in [0.15, 0.2) is 71.6 Å². The van der Waals surface area contributed by atoms with Crippen LogP contribution in [-0.2, 0) is 4.79 Å². The zero-order chi connectivity index (χ0) is 19.5. The Labute approximate surface area is 165 Å². The first-order valence-electron chi connectivity index (χ1n) is 8.73. The van der Waals surface area contributed by atoms with E-state index in [0.717, 1.165) is 22.5 Å². The van der Waals surface area contributed by atoms with Crippen molar-refractivity contribution in [3.05, 3.63) is 83.0 Å². The SMILES string of the molecule is O=C1S/C(=C\c2ccc(F)cc2)C(=O)N1CCOc1cccc2ccccc12. The fraction of sp³-hybridized carbons (Fsp3) is 0.0909. The molecule has 1 saturated heterocycles. The predicted molar refractivity (Wildman–Crippen MR) is 109 cm³/mol. The van der Waals surface area contributed by atoms with Gasteiger partial charge < -0.3 is 4.74 Å². The molecule has 0 unspecified atom stereocenters. The number of halogens is 1. The van der Waals surface area contributed by atoms with Gasteiger partial charge in [-0.1, -0.05) is 48.5 Å². The van der Waals surface area contributed by atoms with Crippen molar-refractivity contribution >= 4 is 39.8 Å². The number of carbonyl (C=O) groups is 2. The molecule has 0 spiro atoms. The van der Waals surface area contributed by atoms with E-state index in [1.54, 1.807) is 18.2 Å². The molecular weight excluding hydrogens is 377 g/mol. The minimum Gasteiger partial charge on any atom is -0.491 e. The number of fused-ring (bicyclic) bond motifs is 1. The largest absolute Gasteiger partial charge is 0.491 e. The summed E-state index contributed by atoms with van der Waals surface area (Å²) < 4.78 is 18.8. The van der Waals surface area contributed by atoms with Gasteiger partial charge in [-0.3, -0.25) is 14.5 Å². The molecule has 3 aromatic rings. The van der Waals surface area contributed by atoms with E-state index in [1.165, 1.54) is 17.0 Å². The van der Waals surface area contributed by atoms with E-state index >= 15 is 0 Å². The molecule has 0 atom stereocenters. The molecule has 3 aromatic carbocycles. The monoisotopic (exact) mass is 393 g/mol. The topological polar surface area (TPSA) is 46.6 Å². The lowest BCUT2D eigenvalue weighted by Crippen LogP contribution is -2.32. The van der Waals surface area contributed by atoms with Crippen LogP contribution in [0.4, 0.5) is 9.18 Å². The summed E-state index contributed by atoms with van der Waals surface area (Å²) in [5.74, 6) is 0.00334. The second kappa shape index (κ2) is 7.86. The van der Waals surface area contributed by atoms with Crippen LogP contribution in [0.3, 0.4) is 0 Å². The second-order valence-electron chi connectivity index (χ2n) is 6.21. The smallest absolute Gasteiger partial charge is 0.293 e. The molecule has 4 rings (SSSR count). The summed E-state index contributed by atoms with van der Waals surface area (Å²) in [5, 5.41) is 1.71. The van der Waals surface area contributed by atoms with Crippen LogP contribution in [0.25, 0.3) is 16.8 Å². The Morgan fingerprint density at radius 1 is 0.964 bits per heavy atom. The van der Waals surface area contributed by atoms with Gasteiger partial charge >= 0.3 is 0 Å². The van der Waals surface area contributed by atoms with Crippen molar-refractivity contribution in [1.29, 1.82) is 0 Å². The number of ether oxygens (including phenoxy) is 1. The lowest BCUT2D eigenvalue weighted by atomic mass is 10.1. The molecule has 140 valence electrons. The van der Waals surface area contributed by atoms with Gasteiger partial charge in [-0.25, -0.2) is 4.39 Å². The fourth-order valence-corrected chi connectivity index (χ4v) is 3.84. The van der Waals surface area contributed by atoms with E-state index < -0.39 is 0 Å². The van der Waals surface area contributed by atoms with Crippen molar-refractivity contribution in [2.75, 3.05) is 13.2 Å². The van der Waals surface area contributed by atoms with Gasteiger partial charge in [-0.2, -0.15) is 0 Å². The molecule has 0 aliphatic carbocycles. The molecule has 1 heterocycles. The summed E-state index contributed by atoms with van der Waals surface area (Å²) in [7, 11) is 0. The lowest BCUT2D eigenvalue weighted by Gasteiger charge is -2.14. The summed E-state index contributed by atoms with van der Waals surface area (Å²) in [4.78, 5) is 26.2. The average Bonchev–Trinajstić information content (AvgIpc) is 2.97. The lowest BCUT2D eigenvalue weighted by molar-refractivity contribution is -0.123. The molecule has 0 N–H and O–H groups in total. The highest BCUT2D eigenvalue weighted by molar-refractivity contribution is 8.18. The molecule has 6 heteroatoms. The Bertz CT molecular complexity index is 1070. The number of amides is 2. The molecule has 4 nitrogen and oxygen atoms in total. The van der Waals surface area contributed by atoms with E-state index in [2.05, 4.69) is 0 Å². The van der Waals surface area contributed by atoms with Gasteiger partial charge in [0.2, 0.25) is 0 Å². The third-order valence-electron chi connectivity index (χ3n) is 4.36. The van der Waals surface area contributed by atoms with Crippen LogP contribution in [0.2, 0.25) is 0 Å². The zero-order valence-electron chi connectivity index (χ0n) is 14.8. The maximum absolute atomic E-state index is 13.0. The van der Waals surface area contributed by atoms with Crippen molar-refractivity contribution in [3.8, 4) is 5.75 Å². The van der Waals surface area contributed by atoms with Gasteiger partial charge in [-0.05, 0) is 47.0 Å². The molecule has 1 aliphatic heterocycles. The van der Waals surface area contributed by atoms with Crippen LogP contribution in [0.1, 0.15) is 5.56 Å². The molecule has 1 aliphatic rings. The summed E-state index contributed by atoms with van der Waals surface area (Å²) >= 11 is 0.879. The quantitative estimate of drug-likeness (QED) is 0.566. The number of benzene rings is 3. The summed E-state index contributed by atoms with van der Waals surface area (Å²) in [6, 6.07) is 19.4. The third-order valence-corrected chi connectivity index (χ3v) is 5.27. The van der Waals surface area contributed by atoms with Crippen LogP contribution < -0.4 is 4.74 Å². The number of nitrogens with zero attached hydrogens (tertiary/aromatic N) is 1. The number of rotatable bonds is 5. The van der Waals surface area contributed by atoms with Gasteiger partial charge in [0.1, 0.15) is 18.2 Å². The summed E-state index contributed by atoms with van der Waals surface area (Å²) in [6.45, 7) is 0.366. The molecule has 2 amide bonds. The first kappa shape index (κ1) is 18.3. The normalized spacial score (nSPS) is 15.6. The Morgan fingerprint density at radius 2 is 1.71 bits per heavy atom. The first-order valence-corrected chi connectivity index (χ1v) is 9.55. The zero-order valence-corrected chi connectivity index (χ0v) is 15.6. The van der Waals surface area contributed by atoms with E-state index in [1.807, 2.05) is 42.5 Å². The standard InChI is InChI=1S/C22H16FNO3S/c23-17-10-8-15(9-11-17)14-20-21(25)24(22(26)28-20)12-13-27-19-7-3-5-16-4-1-2-6-18(16)19/h1-11,14H,12-13H2/b20-14-. The van der Waals surface area contributed by atoms with Gasteiger partial charge in [-0.15, -0.1) is 0 Å². The molecule has 1 fully saturated rings. The summed E-state index contributed by atoms with van der Waals surface area (Å²) in [5.41, 5.74) is 0.666. The van der Waals surface area contributed by atoms with Gasteiger partial charge in [0.05, 0.1) is 11.4 Å². The number of carbonyl (C=O) groups excluding carboxylic acids is 2.